The summed E-state index contributed by atoms with van der Waals surface area (Å²) < 4.78 is 32.4. The molecule has 1 atom stereocenters. The molecule has 2 rings (SSSR count). The number of nitrogens with two attached hydrogens (primary N) is 1. The minimum atomic E-state index is -3.64. The number of amides is 1. The number of rotatable bonds is 7. The zero-order valence-electron chi connectivity index (χ0n) is 12.9. The number of hydrogen-bond acceptors (Lipinski definition) is 5. The summed E-state index contributed by atoms with van der Waals surface area (Å²) in [4.78, 5) is 11.1. The lowest BCUT2D eigenvalue weighted by molar-refractivity contribution is 0.1000. The van der Waals surface area contributed by atoms with Gasteiger partial charge in [-0.3, -0.25) is 4.79 Å². The third-order valence-electron chi connectivity index (χ3n) is 3.80. The first-order chi connectivity index (χ1) is 10.4. The van der Waals surface area contributed by atoms with Gasteiger partial charge in [0.05, 0.1) is 17.0 Å². The van der Waals surface area contributed by atoms with Crippen LogP contribution >= 0.6 is 12.4 Å². The minimum absolute atomic E-state index is 0. The van der Waals surface area contributed by atoms with E-state index >= 15 is 0 Å². The number of benzene rings is 1. The fraction of sp³-hybridized carbons (Fsp3) is 0.500. The summed E-state index contributed by atoms with van der Waals surface area (Å²) in [6.45, 7) is 1.54. The van der Waals surface area contributed by atoms with E-state index in [9.17, 15) is 13.2 Å². The number of halogens is 1. The molecule has 1 fully saturated rings. The third kappa shape index (κ3) is 4.89. The van der Waals surface area contributed by atoms with Crippen molar-refractivity contribution in [2.24, 2.45) is 5.73 Å². The molecule has 130 valence electrons. The Morgan fingerprint density at radius 1 is 1.39 bits per heavy atom. The Bertz CT molecular complexity index is 628. The number of primary amides is 1. The van der Waals surface area contributed by atoms with Gasteiger partial charge in [-0.1, -0.05) is 0 Å². The van der Waals surface area contributed by atoms with Gasteiger partial charge in [0.2, 0.25) is 15.9 Å². The maximum absolute atomic E-state index is 12.3. The second-order valence-electron chi connectivity index (χ2n) is 5.46. The first kappa shape index (κ1) is 19.9. The van der Waals surface area contributed by atoms with Crippen LogP contribution in [0.25, 0.3) is 0 Å². The van der Waals surface area contributed by atoms with Crippen molar-refractivity contribution in [2.45, 2.75) is 23.3 Å². The number of nitrogens with one attached hydrogen (secondary N) is 2. The smallest absolute Gasteiger partial charge is 0.248 e. The molecule has 1 unspecified atom stereocenters. The van der Waals surface area contributed by atoms with Crippen molar-refractivity contribution in [2.75, 3.05) is 26.8 Å². The van der Waals surface area contributed by atoms with Gasteiger partial charge in [0.25, 0.3) is 0 Å². The second-order valence-corrected chi connectivity index (χ2v) is 7.22. The molecule has 0 aliphatic carbocycles. The molecule has 1 aliphatic heterocycles. The summed E-state index contributed by atoms with van der Waals surface area (Å²) in [6.07, 6.45) is 1.84. The lowest BCUT2D eigenvalue weighted by Gasteiger charge is -2.28. The van der Waals surface area contributed by atoms with Crippen molar-refractivity contribution in [1.29, 1.82) is 0 Å². The van der Waals surface area contributed by atoms with Gasteiger partial charge in [-0.25, -0.2) is 13.1 Å². The Balaban J connectivity index is 0.00000264. The lowest BCUT2D eigenvalue weighted by Crippen LogP contribution is -2.52. The van der Waals surface area contributed by atoms with Gasteiger partial charge in [0.15, 0.2) is 0 Å². The van der Waals surface area contributed by atoms with Gasteiger partial charge in [0, 0.05) is 19.2 Å². The minimum Gasteiger partial charge on any atom is -0.383 e. The highest BCUT2D eigenvalue weighted by atomic mass is 35.5. The van der Waals surface area contributed by atoms with Crippen LogP contribution in [0, 0.1) is 0 Å². The zero-order valence-corrected chi connectivity index (χ0v) is 14.5. The van der Waals surface area contributed by atoms with Crippen LogP contribution in [-0.2, 0) is 14.8 Å². The Kier molecular flexibility index (Phi) is 6.97. The first-order valence-corrected chi connectivity index (χ1v) is 8.50. The van der Waals surface area contributed by atoms with Crippen molar-refractivity contribution in [3.8, 4) is 0 Å². The molecule has 1 aromatic rings. The molecule has 23 heavy (non-hydrogen) atoms. The number of sulfonamides is 1. The Morgan fingerprint density at radius 3 is 2.52 bits per heavy atom. The van der Waals surface area contributed by atoms with E-state index in [1.807, 2.05) is 0 Å². The zero-order chi connectivity index (χ0) is 16.2. The molecule has 1 amide bonds. The largest absolute Gasteiger partial charge is 0.383 e. The van der Waals surface area contributed by atoms with E-state index in [1.165, 1.54) is 24.3 Å². The number of methoxy groups -OCH3 is 1. The summed E-state index contributed by atoms with van der Waals surface area (Å²) in [5.41, 5.74) is 5.04. The average Bonchev–Trinajstić information content (AvgIpc) is 2.95. The summed E-state index contributed by atoms with van der Waals surface area (Å²) >= 11 is 0. The monoisotopic (exact) mass is 363 g/mol. The highest BCUT2D eigenvalue weighted by Crippen LogP contribution is 2.20. The van der Waals surface area contributed by atoms with E-state index in [0.29, 0.717) is 6.61 Å². The second kappa shape index (κ2) is 8.07. The van der Waals surface area contributed by atoms with Gasteiger partial charge < -0.3 is 15.8 Å². The molecule has 0 saturated carbocycles. The standard InChI is InChI=1S/C14H21N3O4S.ClH/c1-21-10-14(7-2-8-16-14)9-17-22(19,20)12-5-3-11(4-6-12)13(15)18;/h3-6,16-17H,2,7-10H2,1H3,(H2,15,18);1H. The molecule has 0 bridgehead atoms. The molecule has 1 aromatic carbocycles. The Morgan fingerprint density at radius 2 is 2.04 bits per heavy atom. The molecule has 9 heteroatoms. The van der Waals surface area contributed by atoms with E-state index in [4.69, 9.17) is 10.5 Å². The van der Waals surface area contributed by atoms with E-state index < -0.39 is 15.9 Å². The molecule has 1 aliphatic rings. The van der Waals surface area contributed by atoms with E-state index in [2.05, 4.69) is 10.0 Å². The Hall–Kier alpha value is -1.19. The number of hydrogen-bond donors (Lipinski definition) is 3. The van der Waals surface area contributed by atoms with Crippen molar-refractivity contribution in [3.05, 3.63) is 29.8 Å². The fourth-order valence-corrected chi connectivity index (χ4v) is 3.71. The predicted octanol–water partition coefficient (Wildman–Crippen LogP) is 0.254. The predicted molar refractivity (Wildman–Crippen MR) is 89.2 cm³/mol. The van der Waals surface area contributed by atoms with E-state index in [-0.39, 0.29) is 34.9 Å². The topological polar surface area (TPSA) is 111 Å². The first-order valence-electron chi connectivity index (χ1n) is 7.02. The summed E-state index contributed by atoms with van der Waals surface area (Å²) in [5, 5.41) is 3.31. The van der Waals surface area contributed by atoms with Gasteiger partial charge >= 0.3 is 0 Å². The number of carbonyl (C=O) groups excluding carboxylic acids is 1. The normalized spacial score (nSPS) is 20.9. The van der Waals surface area contributed by atoms with Crippen molar-refractivity contribution < 1.29 is 17.9 Å². The average molecular weight is 364 g/mol. The van der Waals surface area contributed by atoms with Crippen LogP contribution in [0.5, 0.6) is 0 Å². The maximum atomic E-state index is 12.3. The molecule has 0 spiro atoms. The summed E-state index contributed by atoms with van der Waals surface area (Å²) in [6, 6.07) is 5.53. The number of carbonyl (C=O) groups is 1. The molecule has 4 N–H and O–H groups in total. The fourth-order valence-electron chi connectivity index (χ4n) is 2.58. The molecular weight excluding hydrogens is 342 g/mol. The Labute approximate surface area is 142 Å². The third-order valence-corrected chi connectivity index (χ3v) is 5.22. The molecule has 1 heterocycles. The van der Waals surface area contributed by atoms with Crippen molar-refractivity contribution in [1.82, 2.24) is 10.0 Å². The van der Waals surface area contributed by atoms with Crippen LogP contribution in [-0.4, -0.2) is 46.7 Å². The molecule has 0 radical (unpaired) electrons. The van der Waals surface area contributed by atoms with Crippen molar-refractivity contribution >= 4 is 28.3 Å². The van der Waals surface area contributed by atoms with Gasteiger partial charge in [-0.15, -0.1) is 12.4 Å². The van der Waals surface area contributed by atoms with Crippen LogP contribution in [0.15, 0.2) is 29.2 Å². The molecule has 0 aromatic heterocycles. The van der Waals surface area contributed by atoms with Crippen molar-refractivity contribution in [3.63, 3.8) is 0 Å². The van der Waals surface area contributed by atoms with Crippen LogP contribution in [0.3, 0.4) is 0 Å². The summed E-state index contributed by atoms with van der Waals surface area (Å²) in [5.74, 6) is -0.592. The van der Waals surface area contributed by atoms with Gasteiger partial charge in [-0.05, 0) is 43.7 Å². The SMILES string of the molecule is COCC1(CNS(=O)(=O)c2ccc(C(N)=O)cc2)CCCN1.Cl. The summed E-state index contributed by atoms with van der Waals surface area (Å²) in [7, 11) is -2.05. The highest BCUT2D eigenvalue weighted by molar-refractivity contribution is 7.89. The lowest BCUT2D eigenvalue weighted by atomic mass is 9.99. The molecule has 7 nitrogen and oxygen atoms in total. The molecular formula is C14H22ClN3O4S. The van der Waals surface area contributed by atoms with Crippen LogP contribution < -0.4 is 15.8 Å². The highest BCUT2D eigenvalue weighted by Gasteiger charge is 2.34. The maximum Gasteiger partial charge on any atom is 0.248 e. The van der Waals surface area contributed by atoms with E-state index in [1.54, 1.807) is 7.11 Å². The van der Waals surface area contributed by atoms with E-state index in [0.717, 1.165) is 19.4 Å². The van der Waals surface area contributed by atoms with Gasteiger partial charge in [0.1, 0.15) is 0 Å². The molecule has 1 saturated heterocycles. The number of ether oxygens (including phenoxy) is 1. The quantitative estimate of drug-likeness (QED) is 0.643. The van der Waals surface area contributed by atoms with Crippen LogP contribution in [0.4, 0.5) is 0 Å². The van der Waals surface area contributed by atoms with Crippen LogP contribution in [0.2, 0.25) is 0 Å². The van der Waals surface area contributed by atoms with Gasteiger partial charge in [-0.2, -0.15) is 0 Å². The van der Waals surface area contributed by atoms with Crippen LogP contribution in [0.1, 0.15) is 23.2 Å².